The second-order valence-corrected chi connectivity index (χ2v) is 8.84. The highest BCUT2D eigenvalue weighted by atomic mass is 35.5. The standard InChI is InChI=1S/C12H18ClN3O3S2.ClH/c1-9-7-11(20-12(9)13)21(18,19)15(2)8-10(17)16-5-3-14-4-6-16;/h7,14H,3-6,8H2,1-2H3;1H. The zero-order chi connectivity index (χ0) is 15.6. The van der Waals surface area contributed by atoms with Crippen molar-refractivity contribution in [1.29, 1.82) is 0 Å². The number of amides is 1. The van der Waals surface area contributed by atoms with Crippen LogP contribution in [-0.2, 0) is 14.8 Å². The summed E-state index contributed by atoms with van der Waals surface area (Å²) >= 11 is 6.93. The van der Waals surface area contributed by atoms with Gasteiger partial charge in [-0.1, -0.05) is 11.6 Å². The fourth-order valence-electron chi connectivity index (χ4n) is 2.00. The summed E-state index contributed by atoms with van der Waals surface area (Å²) in [5, 5.41) is 3.15. The molecule has 0 atom stereocenters. The molecule has 1 aliphatic rings. The van der Waals surface area contributed by atoms with E-state index in [4.69, 9.17) is 11.6 Å². The molecule has 0 aromatic carbocycles. The van der Waals surface area contributed by atoms with E-state index in [9.17, 15) is 13.2 Å². The predicted octanol–water partition coefficient (Wildman–Crippen LogP) is 1.18. The summed E-state index contributed by atoms with van der Waals surface area (Å²) in [6.07, 6.45) is 0. The Labute approximate surface area is 145 Å². The molecule has 0 radical (unpaired) electrons. The third-order valence-electron chi connectivity index (χ3n) is 3.33. The summed E-state index contributed by atoms with van der Waals surface area (Å²) in [6, 6.07) is 1.54. The number of nitrogens with one attached hydrogen (secondary N) is 1. The van der Waals surface area contributed by atoms with Gasteiger partial charge in [-0.2, -0.15) is 4.31 Å². The number of hydrogen-bond acceptors (Lipinski definition) is 5. The van der Waals surface area contributed by atoms with Crippen LogP contribution in [0.2, 0.25) is 4.34 Å². The van der Waals surface area contributed by atoms with Crippen molar-refractivity contribution in [2.75, 3.05) is 39.8 Å². The lowest BCUT2D eigenvalue weighted by atomic mass is 10.3. The molecule has 1 N–H and O–H groups in total. The lowest BCUT2D eigenvalue weighted by molar-refractivity contribution is -0.131. The van der Waals surface area contributed by atoms with Crippen molar-refractivity contribution >= 4 is 51.3 Å². The highest BCUT2D eigenvalue weighted by Gasteiger charge is 2.27. The summed E-state index contributed by atoms with van der Waals surface area (Å²) in [6.45, 7) is 4.29. The van der Waals surface area contributed by atoms with Crippen LogP contribution in [0.3, 0.4) is 0 Å². The number of sulfonamides is 1. The minimum Gasteiger partial charge on any atom is -0.339 e. The molecule has 0 saturated carbocycles. The monoisotopic (exact) mass is 387 g/mol. The zero-order valence-electron chi connectivity index (χ0n) is 12.3. The van der Waals surface area contributed by atoms with Gasteiger partial charge in [-0.25, -0.2) is 8.42 Å². The molecule has 6 nitrogen and oxygen atoms in total. The maximum absolute atomic E-state index is 12.4. The first-order chi connectivity index (χ1) is 9.82. The van der Waals surface area contributed by atoms with Crippen LogP contribution in [0.5, 0.6) is 0 Å². The molecule has 0 bridgehead atoms. The first-order valence-electron chi connectivity index (χ1n) is 6.53. The Morgan fingerprint density at radius 3 is 2.55 bits per heavy atom. The SMILES string of the molecule is Cc1cc(S(=O)(=O)N(C)CC(=O)N2CCNCC2)sc1Cl.Cl. The Balaban J connectivity index is 0.00000242. The van der Waals surface area contributed by atoms with Gasteiger partial charge in [0.25, 0.3) is 10.0 Å². The minimum atomic E-state index is -3.67. The lowest BCUT2D eigenvalue weighted by Crippen LogP contribution is -2.49. The Morgan fingerprint density at radius 2 is 2.05 bits per heavy atom. The highest BCUT2D eigenvalue weighted by molar-refractivity contribution is 7.91. The van der Waals surface area contributed by atoms with Gasteiger partial charge in [-0.05, 0) is 18.6 Å². The molecule has 1 fully saturated rings. The van der Waals surface area contributed by atoms with Crippen molar-refractivity contribution in [3.05, 3.63) is 16.0 Å². The number of nitrogens with zero attached hydrogens (tertiary/aromatic N) is 2. The van der Waals surface area contributed by atoms with Crippen LogP contribution < -0.4 is 5.32 Å². The van der Waals surface area contributed by atoms with Crippen molar-refractivity contribution in [2.24, 2.45) is 0 Å². The van der Waals surface area contributed by atoms with E-state index in [1.807, 2.05) is 0 Å². The van der Waals surface area contributed by atoms with Crippen LogP contribution >= 0.6 is 35.3 Å². The first-order valence-corrected chi connectivity index (χ1v) is 9.16. The molecule has 0 spiro atoms. The average molecular weight is 388 g/mol. The van der Waals surface area contributed by atoms with Crippen molar-refractivity contribution in [2.45, 2.75) is 11.1 Å². The van der Waals surface area contributed by atoms with Crippen LogP contribution in [0.25, 0.3) is 0 Å². The largest absolute Gasteiger partial charge is 0.339 e. The van der Waals surface area contributed by atoms with Gasteiger partial charge < -0.3 is 10.2 Å². The first kappa shape index (κ1) is 19.7. The molecule has 2 heterocycles. The molecule has 1 saturated heterocycles. The smallest absolute Gasteiger partial charge is 0.252 e. The summed E-state index contributed by atoms with van der Waals surface area (Å²) in [5.74, 6) is -0.179. The molecule has 126 valence electrons. The lowest BCUT2D eigenvalue weighted by Gasteiger charge is -2.28. The maximum atomic E-state index is 12.4. The molecular formula is C12H19Cl2N3O3S2. The van der Waals surface area contributed by atoms with Gasteiger partial charge in [-0.3, -0.25) is 4.79 Å². The van der Waals surface area contributed by atoms with E-state index in [2.05, 4.69) is 5.32 Å². The van der Waals surface area contributed by atoms with Crippen LogP contribution in [0.15, 0.2) is 10.3 Å². The average Bonchev–Trinajstić information content (AvgIpc) is 2.80. The number of carbonyl (C=O) groups is 1. The van der Waals surface area contributed by atoms with E-state index in [1.165, 1.54) is 13.1 Å². The van der Waals surface area contributed by atoms with Crippen LogP contribution in [0.4, 0.5) is 0 Å². The molecule has 1 aromatic heterocycles. The van der Waals surface area contributed by atoms with E-state index in [1.54, 1.807) is 11.8 Å². The zero-order valence-corrected chi connectivity index (χ0v) is 15.5. The van der Waals surface area contributed by atoms with Crippen molar-refractivity contribution in [1.82, 2.24) is 14.5 Å². The summed E-state index contributed by atoms with van der Waals surface area (Å²) in [4.78, 5) is 13.8. The number of likely N-dealkylation sites (N-methyl/N-ethyl adjacent to an activating group) is 1. The molecule has 22 heavy (non-hydrogen) atoms. The van der Waals surface area contributed by atoms with Gasteiger partial charge in [-0.15, -0.1) is 23.7 Å². The molecule has 1 aromatic rings. The van der Waals surface area contributed by atoms with Crippen LogP contribution in [0.1, 0.15) is 5.56 Å². The molecule has 10 heteroatoms. The van der Waals surface area contributed by atoms with Crippen molar-refractivity contribution in [3.8, 4) is 0 Å². The van der Waals surface area contributed by atoms with Gasteiger partial charge >= 0.3 is 0 Å². The third kappa shape index (κ3) is 4.33. The van der Waals surface area contributed by atoms with Crippen LogP contribution in [-0.4, -0.2) is 63.3 Å². The molecular weight excluding hydrogens is 369 g/mol. The number of carbonyl (C=O) groups excluding carboxylic acids is 1. The maximum Gasteiger partial charge on any atom is 0.252 e. The second kappa shape index (κ2) is 7.94. The van der Waals surface area contributed by atoms with E-state index in [-0.39, 0.29) is 29.1 Å². The summed E-state index contributed by atoms with van der Waals surface area (Å²) < 4.78 is 26.5. The number of thiophene rings is 1. The van der Waals surface area contributed by atoms with E-state index in [0.717, 1.165) is 34.3 Å². The van der Waals surface area contributed by atoms with Crippen molar-refractivity contribution in [3.63, 3.8) is 0 Å². The van der Waals surface area contributed by atoms with Gasteiger partial charge in [0.2, 0.25) is 5.91 Å². The second-order valence-electron chi connectivity index (χ2n) is 4.91. The number of aryl methyl sites for hydroxylation is 1. The quantitative estimate of drug-likeness (QED) is 0.841. The van der Waals surface area contributed by atoms with E-state index < -0.39 is 10.0 Å². The third-order valence-corrected chi connectivity index (χ3v) is 7.13. The minimum absolute atomic E-state index is 0. The van der Waals surface area contributed by atoms with E-state index in [0.29, 0.717) is 17.4 Å². The molecule has 1 amide bonds. The van der Waals surface area contributed by atoms with E-state index >= 15 is 0 Å². The van der Waals surface area contributed by atoms with Gasteiger partial charge in [0, 0.05) is 33.2 Å². The van der Waals surface area contributed by atoms with Gasteiger partial charge in [0.05, 0.1) is 10.9 Å². The molecule has 0 unspecified atom stereocenters. The Hall–Kier alpha value is -0.380. The molecule has 2 rings (SSSR count). The number of halogens is 2. The highest BCUT2D eigenvalue weighted by Crippen LogP contribution is 2.31. The fourth-order valence-corrected chi connectivity index (χ4v) is 5.04. The Kier molecular flexibility index (Phi) is 7.10. The van der Waals surface area contributed by atoms with Crippen LogP contribution in [0, 0.1) is 6.92 Å². The number of rotatable bonds is 4. The molecule has 0 aliphatic carbocycles. The predicted molar refractivity (Wildman–Crippen MR) is 90.6 cm³/mol. The number of piperazine rings is 1. The summed E-state index contributed by atoms with van der Waals surface area (Å²) in [5.41, 5.74) is 0.724. The van der Waals surface area contributed by atoms with Gasteiger partial charge in [0.15, 0.2) is 0 Å². The Bertz CT molecular complexity index is 608. The number of hydrogen-bond donors (Lipinski definition) is 1. The van der Waals surface area contributed by atoms with Gasteiger partial charge in [0.1, 0.15) is 4.21 Å². The van der Waals surface area contributed by atoms with Crippen molar-refractivity contribution < 1.29 is 13.2 Å². The molecule has 1 aliphatic heterocycles. The Morgan fingerprint density at radius 1 is 1.45 bits per heavy atom. The topological polar surface area (TPSA) is 69.7 Å². The normalized spacial score (nSPS) is 15.7. The summed E-state index contributed by atoms with van der Waals surface area (Å²) in [7, 11) is -2.26. The fraction of sp³-hybridized carbons (Fsp3) is 0.583.